The molecule has 0 fully saturated rings. The van der Waals surface area contributed by atoms with Crippen molar-refractivity contribution in [2.24, 2.45) is 0 Å². The van der Waals surface area contributed by atoms with Gasteiger partial charge in [-0.15, -0.1) is 0 Å². The molecule has 0 saturated heterocycles. The molecule has 0 aliphatic heterocycles. The molecule has 0 atom stereocenters. The molecule has 2 rings (SSSR count). The van der Waals surface area contributed by atoms with Gasteiger partial charge in [-0.05, 0) is 49.2 Å². The summed E-state index contributed by atoms with van der Waals surface area (Å²) in [4.78, 5) is 24.4. The predicted molar refractivity (Wildman–Crippen MR) is 88.2 cm³/mol. The molecule has 0 aliphatic rings. The highest BCUT2D eigenvalue weighted by Gasteiger charge is 2.19. The fourth-order valence-electron chi connectivity index (χ4n) is 1.95. The molecule has 0 saturated carbocycles. The van der Waals surface area contributed by atoms with Crippen molar-refractivity contribution >= 4 is 23.5 Å². The molecule has 4 nitrogen and oxygen atoms in total. The molecule has 0 radical (unpaired) electrons. The van der Waals surface area contributed by atoms with E-state index < -0.39 is 11.9 Å². The third kappa shape index (κ3) is 4.33. The molecule has 0 heterocycles. The summed E-state index contributed by atoms with van der Waals surface area (Å²) < 4.78 is 10.4. The Morgan fingerprint density at radius 1 is 1.04 bits per heavy atom. The lowest BCUT2D eigenvalue weighted by atomic mass is 10.1. The van der Waals surface area contributed by atoms with Gasteiger partial charge in [-0.1, -0.05) is 30.7 Å². The van der Waals surface area contributed by atoms with E-state index in [0.717, 1.165) is 5.56 Å². The smallest absolute Gasteiger partial charge is 0.344 e. The van der Waals surface area contributed by atoms with Crippen LogP contribution in [0.15, 0.2) is 42.5 Å². The normalized spacial score (nSPS) is 10.2. The molecular formula is C18H17ClO4. The summed E-state index contributed by atoms with van der Waals surface area (Å²) in [6, 6.07) is 11.3. The summed E-state index contributed by atoms with van der Waals surface area (Å²) in [5.41, 5.74) is 1.16. The average Bonchev–Trinajstić information content (AvgIpc) is 2.56. The Hall–Kier alpha value is -2.33. The first-order valence-electron chi connectivity index (χ1n) is 7.27. The van der Waals surface area contributed by atoms with Crippen LogP contribution in [-0.4, -0.2) is 18.5 Å². The van der Waals surface area contributed by atoms with Crippen LogP contribution in [0.1, 0.15) is 39.6 Å². The van der Waals surface area contributed by atoms with Gasteiger partial charge in [-0.25, -0.2) is 9.59 Å². The SMILES string of the molecule is CCCOC(=O)c1ccccc1C(=O)Oc1ccc(Cl)c(C)c1. The van der Waals surface area contributed by atoms with Crippen LogP contribution in [0.25, 0.3) is 0 Å². The second kappa shape index (κ2) is 7.79. The third-order valence-corrected chi connectivity index (χ3v) is 3.57. The number of rotatable bonds is 5. The Balaban J connectivity index is 2.22. The van der Waals surface area contributed by atoms with E-state index in [1.165, 1.54) is 6.07 Å². The van der Waals surface area contributed by atoms with Crippen LogP contribution in [0.5, 0.6) is 5.75 Å². The Bertz CT molecular complexity index is 725. The number of carbonyl (C=O) groups excluding carboxylic acids is 2. The standard InChI is InChI=1S/C18H17ClO4/c1-3-10-22-17(20)14-6-4-5-7-15(14)18(21)23-13-8-9-16(19)12(2)11-13/h4-9,11H,3,10H2,1-2H3. The van der Waals surface area contributed by atoms with Gasteiger partial charge in [-0.3, -0.25) is 0 Å². The molecule has 0 N–H and O–H groups in total. The van der Waals surface area contributed by atoms with Gasteiger partial charge in [0.25, 0.3) is 0 Å². The molecule has 5 heteroatoms. The van der Waals surface area contributed by atoms with E-state index in [1.54, 1.807) is 36.4 Å². The number of carbonyl (C=O) groups is 2. The summed E-state index contributed by atoms with van der Waals surface area (Å²) >= 11 is 5.95. The van der Waals surface area contributed by atoms with Crippen LogP contribution in [0.3, 0.4) is 0 Å². The Morgan fingerprint density at radius 3 is 2.30 bits per heavy atom. The highest BCUT2D eigenvalue weighted by molar-refractivity contribution is 6.31. The van der Waals surface area contributed by atoms with E-state index in [2.05, 4.69) is 0 Å². The maximum Gasteiger partial charge on any atom is 0.344 e. The molecule has 0 aromatic heterocycles. The van der Waals surface area contributed by atoms with Crippen LogP contribution in [0.2, 0.25) is 5.02 Å². The van der Waals surface area contributed by atoms with Crippen molar-refractivity contribution in [3.63, 3.8) is 0 Å². The quantitative estimate of drug-likeness (QED) is 0.600. The number of benzene rings is 2. The number of aryl methyl sites for hydroxylation is 1. The zero-order valence-corrected chi connectivity index (χ0v) is 13.7. The minimum absolute atomic E-state index is 0.168. The molecular weight excluding hydrogens is 316 g/mol. The van der Waals surface area contributed by atoms with Gasteiger partial charge in [0.05, 0.1) is 17.7 Å². The van der Waals surface area contributed by atoms with E-state index >= 15 is 0 Å². The zero-order chi connectivity index (χ0) is 16.8. The number of esters is 2. The number of hydrogen-bond acceptors (Lipinski definition) is 4. The van der Waals surface area contributed by atoms with Crippen LogP contribution in [-0.2, 0) is 4.74 Å². The molecule has 0 unspecified atom stereocenters. The summed E-state index contributed by atoms with van der Waals surface area (Å²) in [5, 5.41) is 0.591. The fraction of sp³-hybridized carbons (Fsp3) is 0.222. The zero-order valence-electron chi connectivity index (χ0n) is 13.0. The van der Waals surface area contributed by atoms with Gasteiger partial charge < -0.3 is 9.47 Å². The van der Waals surface area contributed by atoms with Crippen LogP contribution in [0, 0.1) is 6.92 Å². The Labute approximate surface area is 140 Å². The lowest BCUT2D eigenvalue weighted by Gasteiger charge is -2.10. The van der Waals surface area contributed by atoms with Gasteiger partial charge in [-0.2, -0.15) is 0 Å². The van der Waals surface area contributed by atoms with E-state index in [4.69, 9.17) is 21.1 Å². The Morgan fingerprint density at radius 2 is 1.70 bits per heavy atom. The molecule has 0 amide bonds. The summed E-state index contributed by atoms with van der Waals surface area (Å²) in [6.45, 7) is 4.02. The maximum atomic E-state index is 12.3. The molecule has 120 valence electrons. The van der Waals surface area contributed by atoms with Crippen molar-refractivity contribution in [3.05, 3.63) is 64.2 Å². The fourth-order valence-corrected chi connectivity index (χ4v) is 2.07. The first-order valence-corrected chi connectivity index (χ1v) is 7.65. The van der Waals surface area contributed by atoms with Crippen LogP contribution in [0.4, 0.5) is 0 Å². The number of hydrogen-bond donors (Lipinski definition) is 0. The molecule has 0 spiro atoms. The lowest BCUT2D eigenvalue weighted by Crippen LogP contribution is -2.16. The van der Waals surface area contributed by atoms with Crippen molar-refractivity contribution < 1.29 is 19.1 Å². The van der Waals surface area contributed by atoms with Crippen LogP contribution < -0.4 is 4.74 Å². The monoisotopic (exact) mass is 332 g/mol. The van der Waals surface area contributed by atoms with Gasteiger partial charge >= 0.3 is 11.9 Å². The maximum absolute atomic E-state index is 12.3. The minimum Gasteiger partial charge on any atom is -0.462 e. The van der Waals surface area contributed by atoms with Crippen molar-refractivity contribution in [1.82, 2.24) is 0 Å². The van der Waals surface area contributed by atoms with Gasteiger partial charge in [0.1, 0.15) is 5.75 Å². The highest BCUT2D eigenvalue weighted by Crippen LogP contribution is 2.22. The second-order valence-corrected chi connectivity index (χ2v) is 5.39. The molecule has 2 aromatic carbocycles. The van der Waals surface area contributed by atoms with Crippen molar-refractivity contribution in [2.75, 3.05) is 6.61 Å². The van der Waals surface area contributed by atoms with Crippen molar-refractivity contribution in [2.45, 2.75) is 20.3 Å². The predicted octanol–water partition coefficient (Wildman–Crippen LogP) is 4.43. The average molecular weight is 333 g/mol. The van der Waals surface area contributed by atoms with Gasteiger partial charge in [0.15, 0.2) is 0 Å². The summed E-state index contributed by atoms with van der Waals surface area (Å²) in [5.74, 6) is -0.781. The van der Waals surface area contributed by atoms with Crippen LogP contribution >= 0.6 is 11.6 Å². The number of halogens is 1. The van der Waals surface area contributed by atoms with Gasteiger partial charge in [0, 0.05) is 5.02 Å². The molecule has 0 bridgehead atoms. The first-order chi connectivity index (χ1) is 11.0. The van der Waals surface area contributed by atoms with Crippen molar-refractivity contribution in [1.29, 1.82) is 0 Å². The molecule has 0 aliphatic carbocycles. The second-order valence-electron chi connectivity index (χ2n) is 4.98. The third-order valence-electron chi connectivity index (χ3n) is 3.14. The number of ether oxygens (including phenoxy) is 2. The molecule has 23 heavy (non-hydrogen) atoms. The van der Waals surface area contributed by atoms with Gasteiger partial charge in [0.2, 0.25) is 0 Å². The molecule has 2 aromatic rings. The minimum atomic E-state index is -0.615. The summed E-state index contributed by atoms with van der Waals surface area (Å²) in [6.07, 6.45) is 0.711. The topological polar surface area (TPSA) is 52.6 Å². The van der Waals surface area contributed by atoms with E-state index in [9.17, 15) is 9.59 Å². The summed E-state index contributed by atoms with van der Waals surface area (Å²) in [7, 11) is 0. The van der Waals surface area contributed by atoms with E-state index in [0.29, 0.717) is 23.8 Å². The first kappa shape index (κ1) is 17.0. The van der Waals surface area contributed by atoms with E-state index in [-0.39, 0.29) is 11.1 Å². The highest BCUT2D eigenvalue weighted by atomic mass is 35.5. The van der Waals surface area contributed by atoms with Crippen molar-refractivity contribution in [3.8, 4) is 5.75 Å². The van der Waals surface area contributed by atoms with E-state index in [1.807, 2.05) is 13.8 Å². The lowest BCUT2D eigenvalue weighted by molar-refractivity contribution is 0.0496. The Kier molecular flexibility index (Phi) is 5.77. The largest absolute Gasteiger partial charge is 0.462 e.